The molecule has 0 unspecified atom stereocenters. The van der Waals surface area contributed by atoms with Gasteiger partial charge in [0.1, 0.15) is 0 Å². The van der Waals surface area contributed by atoms with Crippen molar-refractivity contribution < 1.29 is 0 Å². The average molecular weight is 198 g/mol. The van der Waals surface area contributed by atoms with Gasteiger partial charge in [-0.1, -0.05) is 49.1 Å². The minimum Gasteiger partial charge on any atom is -0.103 e. The van der Waals surface area contributed by atoms with Crippen LogP contribution in [0, 0.1) is 5.92 Å². The molecule has 0 nitrogen and oxygen atoms in total. The van der Waals surface area contributed by atoms with Gasteiger partial charge in [-0.15, -0.1) is 13.2 Å². The maximum Gasteiger partial charge on any atom is -0.00930 e. The zero-order chi connectivity index (χ0) is 11.1. The largest absolute Gasteiger partial charge is 0.103 e. The first-order valence-corrected chi connectivity index (χ1v) is 5.25. The first-order valence-electron chi connectivity index (χ1n) is 5.25. The van der Waals surface area contributed by atoms with Crippen molar-refractivity contribution in [3.8, 4) is 0 Å². The maximum atomic E-state index is 4.17. The summed E-state index contributed by atoms with van der Waals surface area (Å²) in [7, 11) is 0. The SMILES string of the molecule is C=CCC(CC=C)C(=C)c1ccccc1. The highest BCUT2D eigenvalue weighted by Gasteiger charge is 2.10. The Morgan fingerprint density at radius 3 is 2.07 bits per heavy atom. The summed E-state index contributed by atoms with van der Waals surface area (Å²) in [4.78, 5) is 0. The van der Waals surface area contributed by atoms with E-state index in [0.29, 0.717) is 5.92 Å². The topological polar surface area (TPSA) is 0 Å². The Hall–Kier alpha value is -1.56. The van der Waals surface area contributed by atoms with Gasteiger partial charge in [0.15, 0.2) is 0 Å². The fraction of sp³-hybridized carbons (Fsp3) is 0.200. The molecule has 0 aliphatic rings. The van der Waals surface area contributed by atoms with Crippen molar-refractivity contribution in [2.45, 2.75) is 12.8 Å². The molecular formula is C15H18. The molecule has 0 aliphatic heterocycles. The molecule has 0 heterocycles. The van der Waals surface area contributed by atoms with Gasteiger partial charge in [0, 0.05) is 0 Å². The number of allylic oxidation sites excluding steroid dienone is 3. The molecule has 0 heteroatoms. The summed E-state index contributed by atoms with van der Waals surface area (Å²) in [5.74, 6) is 0.433. The van der Waals surface area contributed by atoms with E-state index in [9.17, 15) is 0 Å². The summed E-state index contributed by atoms with van der Waals surface area (Å²) < 4.78 is 0. The highest BCUT2D eigenvalue weighted by molar-refractivity contribution is 5.65. The Morgan fingerprint density at radius 1 is 1.07 bits per heavy atom. The van der Waals surface area contributed by atoms with Crippen molar-refractivity contribution in [1.29, 1.82) is 0 Å². The lowest BCUT2D eigenvalue weighted by molar-refractivity contribution is 0.698. The standard InChI is InChI=1S/C15H18/c1-4-9-14(10-5-2)13(3)15-11-7-6-8-12-15/h4-8,11-12,14H,1-3,9-10H2. The van der Waals surface area contributed by atoms with E-state index in [1.165, 1.54) is 11.1 Å². The van der Waals surface area contributed by atoms with E-state index in [4.69, 9.17) is 0 Å². The van der Waals surface area contributed by atoms with Crippen LogP contribution >= 0.6 is 0 Å². The monoisotopic (exact) mass is 198 g/mol. The highest BCUT2D eigenvalue weighted by Crippen LogP contribution is 2.27. The lowest BCUT2D eigenvalue weighted by Gasteiger charge is -2.16. The first kappa shape index (κ1) is 11.5. The molecule has 0 radical (unpaired) electrons. The zero-order valence-corrected chi connectivity index (χ0v) is 9.15. The molecule has 0 saturated heterocycles. The molecule has 1 aromatic rings. The summed E-state index contributed by atoms with van der Waals surface area (Å²) >= 11 is 0. The third-order valence-electron chi connectivity index (χ3n) is 2.54. The van der Waals surface area contributed by atoms with Crippen LogP contribution in [0.3, 0.4) is 0 Å². The van der Waals surface area contributed by atoms with E-state index in [2.05, 4.69) is 31.9 Å². The highest BCUT2D eigenvalue weighted by atomic mass is 14.1. The number of benzene rings is 1. The maximum absolute atomic E-state index is 4.17. The molecular weight excluding hydrogens is 180 g/mol. The second-order valence-electron chi connectivity index (χ2n) is 3.64. The van der Waals surface area contributed by atoms with Crippen molar-refractivity contribution in [2.24, 2.45) is 5.92 Å². The van der Waals surface area contributed by atoms with Crippen LogP contribution in [-0.4, -0.2) is 0 Å². The van der Waals surface area contributed by atoms with Crippen LogP contribution in [-0.2, 0) is 0 Å². The Bertz CT molecular complexity index is 322. The predicted octanol–water partition coefficient (Wildman–Crippen LogP) is 4.47. The molecule has 15 heavy (non-hydrogen) atoms. The normalized spacial score (nSPS) is 9.93. The second kappa shape index (κ2) is 6.02. The fourth-order valence-electron chi connectivity index (χ4n) is 1.67. The molecule has 0 fully saturated rings. The van der Waals surface area contributed by atoms with Gasteiger partial charge in [-0.25, -0.2) is 0 Å². The van der Waals surface area contributed by atoms with Crippen molar-refractivity contribution in [1.82, 2.24) is 0 Å². The Balaban J connectivity index is 2.80. The molecule has 0 saturated carbocycles. The van der Waals surface area contributed by atoms with Crippen LogP contribution in [0.2, 0.25) is 0 Å². The van der Waals surface area contributed by atoms with Crippen molar-refractivity contribution in [3.05, 3.63) is 67.8 Å². The lowest BCUT2D eigenvalue weighted by Crippen LogP contribution is -2.00. The number of rotatable bonds is 6. The Kier molecular flexibility index (Phi) is 4.62. The van der Waals surface area contributed by atoms with Gasteiger partial charge in [-0.2, -0.15) is 0 Å². The van der Waals surface area contributed by atoms with E-state index >= 15 is 0 Å². The summed E-state index contributed by atoms with van der Waals surface area (Å²) in [6, 6.07) is 10.3. The van der Waals surface area contributed by atoms with Gasteiger partial charge in [0.05, 0.1) is 0 Å². The Labute approximate surface area is 92.6 Å². The third kappa shape index (κ3) is 3.25. The van der Waals surface area contributed by atoms with Crippen LogP contribution < -0.4 is 0 Å². The molecule has 0 aliphatic carbocycles. The van der Waals surface area contributed by atoms with Crippen LogP contribution in [0.25, 0.3) is 5.57 Å². The van der Waals surface area contributed by atoms with Gasteiger partial charge < -0.3 is 0 Å². The molecule has 0 atom stereocenters. The lowest BCUT2D eigenvalue weighted by atomic mass is 9.89. The van der Waals surface area contributed by atoms with Gasteiger partial charge in [-0.05, 0) is 29.9 Å². The predicted molar refractivity (Wildman–Crippen MR) is 68.6 cm³/mol. The minimum atomic E-state index is 0.433. The molecule has 1 aromatic carbocycles. The van der Waals surface area contributed by atoms with Crippen LogP contribution in [0.15, 0.2) is 62.2 Å². The molecule has 0 aromatic heterocycles. The molecule has 0 N–H and O–H groups in total. The van der Waals surface area contributed by atoms with Crippen LogP contribution in [0.1, 0.15) is 18.4 Å². The first-order chi connectivity index (χ1) is 7.29. The van der Waals surface area contributed by atoms with Crippen LogP contribution in [0.5, 0.6) is 0 Å². The second-order valence-corrected chi connectivity index (χ2v) is 3.64. The van der Waals surface area contributed by atoms with E-state index in [-0.39, 0.29) is 0 Å². The Morgan fingerprint density at radius 2 is 1.60 bits per heavy atom. The summed E-state index contributed by atoms with van der Waals surface area (Å²) in [5, 5.41) is 0. The molecule has 78 valence electrons. The molecule has 0 spiro atoms. The quantitative estimate of drug-likeness (QED) is 0.592. The van der Waals surface area contributed by atoms with Gasteiger partial charge in [0.2, 0.25) is 0 Å². The summed E-state index contributed by atoms with van der Waals surface area (Å²) in [6.45, 7) is 11.7. The fourth-order valence-corrected chi connectivity index (χ4v) is 1.67. The van der Waals surface area contributed by atoms with Crippen molar-refractivity contribution in [2.75, 3.05) is 0 Å². The van der Waals surface area contributed by atoms with Crippen molar-refractivity contribution in [3.63, 3.8) is 0 Å². The summed E-state index contributed by atoms with van der Waals surface area (Å²) in [6.07, 6.45) is 5.81. The summed E-state index contributed by atoms with van der Waals surface area (Å²) in [5.41, 5.74) is 2.39. The molecule has 0 amide bonds. The minimum absolute atomic E-state index is 0.433. The van der Waals surface area contributed by atoms with E-state index < -0.39 is 0 Å². The van der Waals surface area contributed by atoms with Gasteiger partial charge in [0.25, 0.3) is 0 Å². The van der Waals surface area contributed by atoms with Gasteiger partial charge >= 0.3 is 0 Å². The third-order valence-corrected chi connectivity index (χ3v) is 2.54. The van der Waals surface area contributed by atoms with Crippen LogP contribution in [0.4, 0.5) is 0 Å². The van der Waals surface area contributed by atoms with Crippen molar-refractivity contribution >= 4 is 5.57 Å². The smallest absolute Gasteiger partial charge is 0.00930 e. The van der Waals surface area contributed by atoms with E-state index in [1.807, 2.05) is 30.4 Å². The van der Waals surface area contributed by atoms with Gasteiger partial charge in [-0.3, -0.25) is 0 Å². The zero-order valence-electron chi connectivity index (χ0n) is 9.15. The number of hydrogen-bond acceptors (Lipinski definition) is 0. The molecule has 0 bridgehead atoms. The van der Waals surface area contributed by atoms with E-state index in [0.717, 1.165) is 12.8 Å². The molecule has 1 rings (SSSR count). The number of hydrogen-bond donors (Lipinski definition) is 0. The van der Waals surface area contributed by atoms with E-state index in [1.54, 1.807) is 0 Å². The average Bonchev–Trinajstić information content (AvgIpc) is 2.29.